The van der Waals surface area contributed by atoms with Gasteiger partial charge in [-0.3, -0.25) is 0 Å². The van der Waals surface area contributed by atoms with Gasteiger partial charge in [-0.05, 0) is 38.1 Å². The highest BCUT2D eigenvalue weighted by molar-refractivity contribution is 4.84. The van der Waals surface area contributed by atoms with Crippen LogP contribution in [-0.4, -0.2) is 12.6 Å². The summed E-state index contributed by atoms with van der Waals surface area (Å²) in [7, 11) is 0. The SMILES string of the molecule is CCCCCCCC(C)NCC1CC1C. The van der Waals surface area contributed by atoms with Crippen molar-refractivity contribution in [2.45, 2.75) is 71.8 Å². The number of hydrogen-bond acceptors (Lipinski definition) is 1. The molecule has 0 aliphatic heterocycles. The maximum Gasteiger partial charge on any atom is 0.00388 e. The van der Waals surface area contributed by atoms with Crippen LogP contribution in [0.25, 0.3) is 0 Å². The first-order chi connectivity index (χ1) is 7.24. The standard InChI is InChI=1S/C14H29N/c1-4-5-6-7-8-9-13(3)15-11-14-10-12(14)2/h12-15H,4-11H2,1-3H3. The Morgan fingerprint density at radius 2 is 1.87 bits per heavy atom. The Morgan fingerprint density at radius 1 is 1.20 bits per heavy atom. The van der Waals surface area contributed by atoms with E-state index in [0.29, 0.717) is 0 Å². The van der Waals surface area contributed by atoms with Gasteiger partial charge in [0.15, 0.2) is 0 Å². The van der Waals surface area contributed by atoms with Crippen molar-refractivity contribution >= 4 is 0 Å². The van der Waals surface area contributed by atoms with Gasteiger partial charge in [0.2, 0.25) is 0 Å². The molecule has 1 rings (SSSR count). The minimum Gasteiger partial charge on any atom is -0.314 e. The molecule has 1 aliphatic carbocycles. The van der Waals surface area contributed by atoms with Crippen LogP contribution in [0, 0.1) is 11.8 Å². The van der Waals surface area contributed by atoms with E-state index in [9.17, 15) is 0 Å². The Bertz CT molecular complexity index is 155. The fourth-order valence-corrected chi connectivity index (χ4v) is 2.19. The zero-order valence-electron chi connectivity index (χ0n) is 10.9. The number of rotatable bonds is 9. The lowest BCUT2D eigenvalue weighted by Gasteiger charge is -2.13. The minimum absolute atomic E-state index is 0.736. The Kier molecular flexibility index (Phi) is 6.31. The summed E-state index contributed by atoms with van der Waals surface area (Å²) in [4.78, 5) is 0. The Balaban J connectivity index is 1.83. The van der Waals surface area contributed by atoms with Crippen molar-refractivity contribution in [2.24, 2.45) is 11.8 Å². The lowest BCUT2D eigenvalue weighted by atomic mass is 10.1. The molecular weight excluding hydrogens is 182 g/mol. The molecule has 0 heterocycles. The van der Waals surface area contributed by atoms with E-state index in [1.807, 2.05) is 0 Å². The molecule has 1 nitrogen and oxygen atoms in total. The third-order valence-corrected chi connectivity index (χ3v) is 3.75. The van der Waals surface area contributed by atoms with Crippen molar-refractivity contribution in [3.8, 4) is 0 Å². The van der Waals surface area contributed by atoms with Crippen LogP contribution in [0.2, 0.25) is 0 Å². The van der Waals surface area contributed by atoms with Crippen LogP contribution in [0.15, 0.2) is 0 Å². The molecular formula is C14H29N. The van der Waals surface area contributed by atoms with Gasteiger partial charge in [0.05, 0.1) is 0 Å². The van der Waals surface area contributed by atoms with Gasteiger partial charge >= 0.3 is 0 Å². The molecule has 90 valence electrons. The van der Waals surface area contributed by atoms with Crippen molar-refractivity contribution in [1.29, 1.82) is 0 Å². The van der Waals surface area contributed by atoms with Crippen LogP contribution in [0.3, 0.4) is 0 Å². The average Bonchev–Trinajstić information content (AvgIpc) is 2.91. The van der Waals surface area contributed by atoms with E-state index >= 15 is 0 Å². The van der Waals surface area contributed by atoms with Crippen molar-refractivity contribution in [3.05, 3.63) is 0 Å². The molecule has 0 radical (unpaired) electrons. The third kappa shape index (κ3) is 6.19. The van der Waals surface area contributed by atoms with E-state index in [0.717, 1.165) is 17.9 Å². The molecule has 3 atom stereocenters. The largest absolute Gasteiger partial charge is 0.314 e. The molecule has 0 aromatic carbocycles. The van der Waals surface area contributed by atoms with Crippen molar-refractivity contribution < 1.29 is 0 Å². The van der Waals surface area contributed by atoms with Crippen LogP contribution >= 0.6 is 0 Å². The summed E-state index contributed by atoms with van der Waals surface area (Å²) in [6.07, 6.45) is 9.87. The van der Waals surface area contributed by atoms with E-state index in [4.69, 9.17) is 0 Å². The Hall–Kier alpha value is -0.0400. The summed E-state index contributed by atoms with van der Waals surface area (Å²) in [5.74, 6) is 1.99. The average molecular weight is 211 g/mol. The molecule has 0 amide bonds. The molecule has 0 bridgehead atoms. The molecule has 0 spiro atoms. The highest BCUT2D eigenvalue weighted by atomic mass is 14.9. The highest BCUT2D eigenvalue weighted by Gasteiger charge is 2.31. The first kappa shape index (κ1) is 13.0. The fraction of sp³-hybridized carbons (Fsp3) is 1.00. The topological polar surface area (TPSA) is 12.0 Å². The fourth-order valence-electron chi connectivity index (χ4n) is 2.19. The second-order valence-corrected chi connectivity index (χ2v) is 5.49. The van der Waals surface area contributed by atoms with Gasteiger partial charge in [-0.15, -0.1) is 0 Å². The molecule has 0 aromatic heterocycles. The molecule has 1 heteroatoms. The number of unbranched alkanes of at least 4 members (excludes halogenated alkanes) is 4. The van der Waals surface area contributed by atoms with Gasteiger partial charge in [-0.1, -0.05) is 46.0 Å². The van der Waals surface area contributed by atoms with Gasteiger partial charge in [0, 0.05) is 6.04 Å². The molecule has 3 unspecified atom stereocenters. The summed E-state index contributed by atoms with van der Waals surface area (Å²) < 4.78 is 0. The third-order valence-electron chi connectivity index (χ3n) is 3.75. The normalized spacial score (nSPS) is 26.6. The second-order valence-electron chi connectivity index (χ2n) is 5.49. The van der Waals surface area contributed by atoms with Crippen LogP contribution in [0.1, 0.15) is 65.7 Å². The monoisotopic (exact) mass is 211 g/mol. The summed E-state index contributed by atoms with van der Waals surface area (Å²) in [6, 6.07) is 0.736. The summed E-state index contributed by atoms with van der Waals surface area (Å²) in [5.41, 5.74) is 0. The zero-order chi connectivity index (χ0) is 11.1. The first-order valence-electron chi connectivity index (χ1n) is 6.97. The smallest absolute Gasteiger partial charge is 0.00388 e. The van der Waals surface area contributed by atoms with Crippen molar-refractivity contribution in [3.63, 3.8) is 0 Å². The molecule has 1 N–H and O–H groups in total. The second kappa shape index (κ2) is 7.27. The predicted octanol–water partition coefficient (Wildman–Crippen LogP) is 3.98. The van der Waals surface area contributed by atoms with Gasteiger partial charge in [0.25, 0.3) is 0 Å². The van der Waals surface area contributed by atoms with E-state index in [2.05, 4.69) is 26.1 Å². The number of hydrogen-bond donors (Lipinski definition) is 1. The molecule has 1 aliphatic rings. The molecule has 0 aromatic rings. The zero-order valence-corrected chi connectivity index (χ0v) is 10.9. The van der Waals surface area contributed by atoms with Crippen molar-refractivity contribution in [2.75, 3.05) is 6.54 Å². The first-order valence-corrected chi connectivity index (χ1v) is 6.97. The number of nitrogens with one attached hydrogen (secondary N) is 1. The lowest BCUT2D eigenvalue weighted by Crippen LogP contribution is -2.28. The van der Waals surface area contributed by atoms with Gasteiger partial charge in [-0.25, -0.2) is 0 Å². The quantitative estimate of drug-likeness (QED) is 0.569. The van der Waals surface area contributed by atoms with Crippen LogP contribution in [-0.2, 0) is 0 Å². The van der Waals surface area contributed by atoms with Gasteiger partial charge in [0.1, 0.15) is 0 Å². The van der Waals surface area contributed by atoms with Crippen LogP contribution in [0.5, 0.6) is 0 Å². The lowest BCUT2D eigenvalue weighted by molar-refractivity contribution is 0.465. The summed E-state index contributed by atoms with van der Waals surface area (Å²) in [5, 5.41) is 3.67. The maximum atomic E-state index is 3.67. The predicted molar refractivity (Wildman–Crippen MR) is 68.1 cm³/mol. The molecule has 15 heavy (non-hydrogen) atoms. The molecule has 0 saturated heterocycles. The van der Waals surface area contributed by atoms with Gasteiger partial charge < -0.3 is 5.32 Å². The van der Waals surface area contributed by atoms with E-state index in [-0.39, 0.29) is 0 Å². The van der Waals surface area contributed by atoms with Crippen LogP contribution < -0.4 is 5.32 Å². The maximum absolute atomic E-state index is 3.67. The minimum atomic E-state index is 0.736. The Morgan fingerprint density at radius 3 is 2.47 bits per heavy atom. The van der Waals surface area contributed by atoms with Crippen molar-refractivity contribution in [1.82, 2.24) is 5.32 Å². The van der Waals surface area contributed by atoms with E-state index in [1.165, 1.54) is 51.5 Å². The molecule has 1 fully saturated rings. The summed E-state index contributed by atoms with van der Waals surface area (Å²) in [6.45, 7) is 8.24. The van der Waals surface area contributed by atoms with Crippen LogP contribution in [0.4, 0.5) is 0 Å². The highest BCUT2D eigenvalue weighted by Crippen LogP contribution is 2.36. The summed E-state index contributed by atoms with van der Waals surface area (Å²) >= 11 is 0. The van der Waals surface area contributed by atoms with E-state index < -0.39 is 0 Å². The van der Waals surface area contributed by atoms with Gasteiger partial charge in [-0.2, -0.15) is 0 Å². The Labute approximate surface area is 96.0 Å². The van der Waals surface area contributed by atoms with E-state index in [1.54, 1.807) is 0 Å². The molecule has 1 saturated carbocycles.